The Morgan fingerprint density at radius 2 is 2.00 bits per heavy atom. The summed E-state index contributed by atoms with van der Waals surface area (Å²) in [6.45, 7) is 6.74. The summed E-state index contributed by atoms with van der Waals surface area (Å²) in [4.78, 5) is 2.51. The van der Waals surface area contributed by atoms with Crippen molar-refractivity contribution >= 4 is 28.2 Å². The van der Waals surface area contributed by atoms with E-state index in [1.165, 1.54) is 19.4 Å². The number of anilines is 1. The molecule has 0 amide bonds. The average Bonchev–Trinajstić information content (AvgIpc) is 2.51. The monoisotopic (exact) mass is 304 g/mol. The van der Waals surface area contributed by atoms with Crippen molar-refractivity contribution in [3.05, 3.63) is 29.4 Å². The van der Waals surface area contributed by atoms with Gasteiger partial charge in [-0.15, -0.1) is 10.2 Å². The number of aromatic nitrogens is 2. The Labute approximate surface area is 130 Å². The number of likely N-dealkylation sites (tertiary alicyclic amines) is 1. The first-order valence-corrected chi connectivity index (χ1v) is 7.94. The van der Waals surface area contributed by atoms with Gasteiger partial charge in [0.2, 0.25) is 0 Å². The molecule has 4 nitrogen and oxygen atoms in total. The zero-order valence-electron chi connectivity index (χ0n) is 12.5. The molecular weight excluding hydrogens is 284 g/mol. The Bertz CT molecular complexity index is 629. The van der Waals surface area contributed by atoms with Crippen molar-refractivity contribution in [2.24, 2.45) is 0 Å². The summed E-state index contributed by atoms with van der Waals surface area (Å²) >= 11 is 6.13. The smallest absolute Gasteiger partial charge is 0.159 e. The third-order valence-corrected chi connectivity index (χ3v) is 4.45. The van der Waals surface area contributed by atoms with Crippen LogP contribution in [0.1, 0.15) is 26.7 Å². The summed E-state index contributed by atoms with van der Waals surface area (Å²) in [7, 11) is 0. The van der Waals surface area contributed by atoms with Crippen molar-refractivity contribution in [1.82, 2.24) is 15.1 Å². The molecule has 1 fully saturated rings. The number of hydrogen-bond acceptors (Lipinski definition) is 4. The van der Waals surface area contributed by atoms with Crippen LogP contribution >= 0.6 is 11.6 Å². The van der Waals surface area contributed by atoms with Crippen LogP contribution < -0.4 is 5.32 Å². The fourth-order valence-electron chi connectivity index (χ4n) is 2.96. The van der Waals surface area contributed by atoms with Crippen molar-refractivity contribution < 1.29 is 0 Å². The molecule has 21 heavy (non-hydrogen) atoms. The second-order valence-corrected chi connectivity index (χ2v) is 6.32. The maximum Gasteiger partial charge on any atom is 0.159 e. The lowest BCUT2D eigenvalue weighted by Crippen LogP contribution is -2.45. The van der Waals surface area contributed by atoms with Crippen LogP contribution in [0.15, 0.2) is 24.3 Å². The topological polar surface area (TPSA) is 41.0 Å². The van der Waals surface area contributed by atoms with Gasteiger partial charge in [0.05, 0.1) is 0 Å². The number of nitrogens with zero attached hydrogens (tertiary/aromatic N) is 3. The molecular formula is C16H21ClN4. The van der Waals surface area contributed by atoms with Gasteiger partial charge in [-0.2, -0.15) is 0 Å². The Kier molecular flexibility index (Phi) is 4.27. The Balaban J connectivity index is 1.83. The highest BCUT2D eigenvalue weighted by atomic mass is 35.5. The summed E-state index contributed by atoms with van der Waals surface area (Å²) in [6.07, 6.45) is 2.39. The predicted octanol–water partition coefficient (Wildman–Crippen LogP) is 3.57. The molecule has 1 N–H and O–H groups in total. The lowest BCUT2D eigenvalue weighted by molar-refractivity contribution is 0.175. The van der Waals surface area contributed by atoms with E-state index in [2.05, 4.69) is 34.3 Å². The van der Waals surface area contributed by atoms with E-state index in [4.69, 9.17) is 11.6 Å². The average molecular weight is 305 g/mol. The molecule has 2 heterocycles. The first kappa shape index (κ1) is 14.5. The van der Waals surface area contributed by atoms with Gasteiger partial charge in [0, 0.05) is 29.4 Å². The van der Waals surface area contributed by atoms with Gasteiger partial charge in [-0.25, -0.2) is 0 Å². The molecule has 2 aromatic rings. The molecule has 1 aliphatic rings. The quantitative estimate of drug-likeness (QED) is 0.941. The van der Waals surface area contributed by atoms with Crippen LogP contribution in [-0.4, -0.2) is 40.3 Å². The van der Waals surface area contributed by atoms with E-state index in [-0.39, 0.29) is 0 Å². The zero-order valence-corrected chi connectivity index (χ0v) is 13.3. The summed E-state index contributed by atoms with van der Waals surface area (Å²) in [5.41, 5.74) is 0. The second kappa shape index (κ2) is 6.16. The molecule has 0 radical (unpaired) electrons. The van der Waals surface area contributed by atoms with Gasteiger partial charge < -0.3 is 5.32 Å². The molecule has 3 rings (SSSR count). The SMILES string of the molecule is CC(C)N1CCCC(Nc2nnc(Cl)c3ccccc23)C1. The molecule has 1 atom stereocenters. The molecule has 1 aliphatic heterocycles. The van der Waals surface area contributed by atoms with Gasteiger partial charge in [-0.3, -0.25) is 4.90 Å². The maximum atomic E-state index is 6.13. The Morgan fingerprint density at radius 1 is 1.24 bits per heavy atom. The third kappa shape index (κ3) is 3.11. The minimum Gasteiger partial charge on any atom is -0.364 e. The minimum absolute atomic E-state index is 0.417. The molecule has 0 spiro atoms. The minimum atomic E-state index is 0.417. The Hall–Kier alpha value is -1.39. The van der Waals surface area contributed by atoms with E-state index in [0.29, 0.717) is 17.2 Å². The fraction of sp³-hybridized carbons (Fsp3) is 0.500. The molecule has 1 unspecified atom stereocenters. The van der Waals surface area contributed by atoms with Crippen LogP contribution in [0.3, 0.4) is 0 Å². The highest BCUT2D eigenvalue weighted by Crippen LogP contribution is 2.27. The normalized spacial score (nSPS) is 20.1. The maximum absolute atomic E-state index is 6.13. The highest BCUT2D eigenvalue weighted by molar-refractivity contribution is 6.34. The van der Waals surface area contributed by atoms with E-state index in [9.17, 15) is 0 Å². The van der Waals surface area contributed by atoms with Crippen molar-refractivity contribution in [3.8, 4) is 0 Å². The molecule has 0 aliphatic carbocycles. The van der Waals surface area contributed by atoms with Crippen LogP contribution in [0, 0.1) is 0 Å². The number of rotatable bonds is 3. The van der Waals surface area contributed by atoms with E-state index in [1.807, 2.05) is 24.3 Å². The van der Waals surface area contributed by atoms with Crippen molar-refractivity contribution in [2.75, 3.05) is 18.4 Å². The van der Waals surface area contributed by atoms with E-state index in [1.54, 1.807) is 0 Å². The molecule has 1 aromatic heterocycles. The van der Waals surface area contributed by atoms with Crippen LogP contribution in [0.4, 0.5) is 5.82 Å². The van der Waals surface area contributed by atoms with Crippen molar-refractivity contribution in [3.63, 3.8) is 0 Å². The standard InChI is InChI=1S/C16H21ClN4/c1-11(2)21-9-5-6-12(10-21)18-16-14-8-4-3-7-13(14)15(17)19-20-16/h3-4,7-8,11-12H,5-6,9-10H2,1-2H3,(H,18,20). The largest absolute Gasteiger partial charge is 0.364 e. The molecule has 0 bridgehead atoms. The molecule has 1 aromatic carbocycles. The van der Waals surface area contributed by atoms with Gasteiger partial charge in [-0.1, -0.05) is 35.9 Å². The number of benzene rings is 1. The van der Waals surface area contributed by atoms with E-state index in [0.717, 1.165) is 23.1 Å². The second-order valence-electron chi connectivity index (χ2n) is 5.96. The van der Waals surface area contributed by atoms with Gasteiger partial charge in [0.15, 0.2) is 11.0 Å². The lowest BCUT2D eigenvalue weighted by atomic mass is 10.0. The fourth-order valence-corrected chi connectivity index (χ4v) is 3.17. The Morgan fingerprint density at radius 3 is 2.76 bits per heavy atom. The van der Waals surface area contributed by atoms with Crippen LogP contribution in [-0.2, 0) is 0 Å². The van der Waals surface area contributed by atoms with Crippen LogP contribution in [0.5, 0.6) is 0 Å². The molecule has 112 valence electrons. The predicted molar refractivity (Wildman–Crippen MR) is 87.9 cm³/mol. The molecule has 0 saturated carbocycles. The molecule has 5 heteroatoms. The van der Waals surface area contributed by atoms with Crippen molar-refractivity contribution in [2.45, 2.75) is 38.8 Å². The number of halogens is 1. The van der Waals surface area contributed by atoms with Gasteiger partial charge in [0.1, 0.15) is 0 Å². The zero-order chi connectivity index (χ0) is 14.8. The summed E-state index contributed by atoms with van der Waals surface area (Å²) in [5, 5.41) is 14.3. The summed E-state index contributed by atoms with van der Waals surface area (Å²) in [6, 6.07) is 9.01. The number of fused-ring (bicyclic) bond motifs is 1. The number of nitrogens with one attached hydrogen (secondary N) is 1. The van der Waals surface area contributed by atoms with Gasteiger partial charge in [-0.05, 0) is 33.2 Å². The highest BCUT2D eigenvalue weighted by Gasteiger charge is 2.22. The first-order chi connectivity index (χ1) is 10.1. The van der Waals surface area contributed by atoms with Crippen LogP contribution in [0.2, 0.25) is 5.15 Å². The van der Waals surface area contributed by atoms with E-state index < -0.39 is 0 Å². The number of piperidine rings is 1. The first-order valence-electron chi connectivity index (χ1n) is 7.56. The summed E-state index contributed by atoms with van der Waals surface area (Å²) < 4.78 is 0. The van der Waals surface area contributed by atoms with Gasteiger partial charge >= 0.3 is 0 Å². The van der Waals surface area contributed by atoms with Gasteiger partial charge in [0.25, 0.3) is 0 Å². The lowest BCUT2D eigenvalue weighted by Gasteiger charge is -2.36. The van der Waals surface area contributed by atoms with E-state index >= 15 is 0 Å². The third-order valence-electron chi connectivity index (χ3n) is 4.17. The molecule has 1 saturated heterocycles. The number of hydrogen-bond donors (Lipinski definition) is 1. The van der Waals surface area contributed by atoms with Crippen LogP contribution in [0.25, 0.3) is 10.8 Å². The summed E-state index contributed by atoms with van der Waals surface area (Å²) in [5.74, 6) is 0.839. The van der Waals surface area contributed by atoms with Crippen molar-refractivity contribution in [1.29, 1.82) is 0 Å².